The molecule has 0 N–H and O–H groups in total. The first kappa shape index (κ1) is 15.4. The van der Waals surface area contributed by atoms with Crippen molar-refractivity contribution in [2.75, 3.05) is 0 Å². The predicted octanol–water partition coefficient (Wildman–Crippen LogP) is 5.63. The van der Waals surface area contributed by atoms with E-state index in [1.807, 2.05) is 0 Å². The molecule has 0 aliphatic carbocycles. The van der Waals surface area contributed by atoms with Crippen LogP contribution >= 0.6 is 31.9 Å². The molecule has 0 saturated carbocycles. The van der Waals surface area contributed by atoms with E-state index in [1.165, 1.54) is 0 Å². The lowest BCUT2D eigenvalue weighted by Gasteiger charge is -2.14. The van der Waals surface area contributed by atoms with Crippen LogP contribution in [-0.2, 0) is 0 Å². The van der Waals surface area contributed by atoms with Crippen molar-refractivity contribution in [2.24, 2.45) is 0 Å². The molecule has 2 rings (SSSR count). The summed E-state index contributed by atoms with van der Waals surface area (Å²) in [6, 6.07) is 2.87. The maximum absolute atomic E-state index is 13.8. The molecule has 1 atom stereocenters. The monoisotopic (exact) mass is 414 g/mol. The second kappa shape index (κ2) is 5.81. The molecule has 20 heavy (non-hydrogen) atoms. The van der Waals surface area contributed by atoms with Crippen LogP contribution in [-0.4, -0.2) is 0 Å². The van der Waals surface area contributed by atoms with E-state index in [4.69, 9.17) is 0 Å². The molecule has 0 spiro atoms. The van der Waals surface area contributed by atoms with Crippen LogP contribution in [0.3, 0.4) is 0 Å². The van der Waals surface area contributed by atoms with Gasteiger partial charge >= 0.3 is 0 Å². The van der Waals surface area contributed by atoms with Crippen LogP contribution in [0.25, 0.3) is 0 Å². The molecule has 0 fully saturated rings. The molecule has 0 nitrogen and oxygen atoms in total. The molecule has 0 heterocycles. The quantitative estimate of drug-likeness (QED) is 0.339. The molecule has 2 aromatic carbocycles. The summed E-state index contributed by atoms with van der Waals surface area (Å²) in [5.74, 6) is -5.66. The third-order valence-corrected chi connectivity index (χ3v) is 4.02. The molecular formula is C13H5Br2F5. The van der Waals surface area contributed by atoms with Crippen LogP contribution in [0, 0.1) is 29.1 Å². The third kappa shape index (κ3) is 2.88. The smallest absolute Gasteiger partial charge is 0.161 e. The SMILES string of the molecule is Fc1cc(F)c(C(Br)c2c(F)cc(Br)cc2F)cc1F. The Morgan fingerprint density at radius 1 is 0.700 bits per heavy atom. The lowest BCUT2D eigenvalue weighted by Crippen LogP contribution is -2.04. The average molecular weight is 416 g/mol. The van der Waals surface area contributed by atoms with Crippen LogP contribution in [0.2, 0.25) is 0 Å². The minimum atomic E-state index is -1.37. The molecular weight excluding hydrogens is 411 g/mol. The van der Waals surface area contributed by atoms with Crippen LogP contribution in [0.4, 0.5) is 22.0 Å². The molecule has 0 bridgehead atoms. The first-order valence-corrected chi connectivity index (χ1v) is 6.95. The van der Waals surface area contributed by atoms with E-state index in [1.54, 1.807) is 0 Å². The van der Waals surface area contributed by atoms with Crippen LogP contribution < -0.4 is 0 Å². The Morgan fingerprint density at radius 2 is 1.20 bits per heavy atom. The van der Waals surface area contributed by atoms with Gasteiger partial charge in [-0.2, -0.15) is 0 Å². The maximum atomic E-state index is 13.8. The van der Waals surface area contributed by atoms with E-state index in [9.17, 15) is 22.0 Å². The highest BCUT2D eigenvalue weighted by Gasteiger charge is 2.24. The summed E-state index contributed by atoms with van der Waals surface area (Å²) >= 11 is 5.81. The van der Waals surface area contributed by atoms with Gasteiger partial charge in [0.25, 0.3) is 0 Å². The fraction of sp³-hybridized carbons (Fsp3) is 0.0769. The summed E-state index contributed by atoms with van der Waals surface area (Å²) in [6.45, 7) is 0. The number of alkyl halides is 1. The number of benzene rings is 2. The second-order valence-corrected chi connectivity index (χ2v) is 5.76. The highest BCUT2D eigenvalue weighted by Crippen LogP contribution is 2.37. The average Bonchev–Trinajstić information content (AvgIpc) is 2.32. The van der Waals surface area contributed by atoms with Crippen molar-refractivity contribution in [1.82, 2.24) is 0 Å². The lowest BCUT2D eigenvalue weighted by atomic mass is 10.0. The van der Waals surface area contributed by atoms with Gasteiger partial charge in [-0.25, -0.2) is 22.0 Å². The Hall–Kier alpha value is -0.950. The molecule has 0 aliphatic heterocycles. The summed E-state index contributed by atoms with van der Waals surface area (Å²) in [7, 11) is 0. The minimum Gasteiger partial charge on any atom is -0.207 e. The van der Waals surface area contributed by atoms with E-state index in [2.05, 4.69) is 31.9 Å². The Kier molecular flexibility index (Phi) is 4.49. The molecule has 0 radical (unpaired) electrons. The third-order valence-electron chi connectivity index (χ3n) is 2.61. The van der Waals surface area contributed by atoms with Crippen molar-refractivity contribution in [2.45, 2.75) is 4.83 Å². The maximum Gasteiger partial charge on any atom is 0.161 e. The Morgan fingerprint density at radius 3 is 1.75 bits per heavy atom. The van der Waals surface area contributed by atoms with Crippen molar-refractivity contribution >= 4 is 31.9 Å². The largest absolute Gasteiger partial charge is 0.207 e. The van der Waals surface area contributed by atoms with E-state index < -0.39 is 45.0 Å². The second-order valence-electron chi connectivity index (χ2n) is 3.93. The zero-order valence-electron chi connectivity index (χ0n) is 9.53. The topological polar surface area (TPSA) is 0 Å². The lowest BCUT2D eigenvalue weighted by molar-refractivity contribution is 0.489. The summed E-state index contributed by atoms with van der Waals surface area (Å²) < 4.78 is 67.3. The summed E-state index contributed by atoms with van der Waals surface area (Å²) in [4.78, 5) is -1.29. The highest BCUT2D eigenvalue weighted by atomic mass is 79.9. The van der Waals surface area contributed by atoms with Gasteiger partial charge < -0.3 is 0 Å². The van der Waals surface area contributed by atoms with E-state index in [0.717, 1.165) is 12.1 Å². The normalized spacial score (nSPS) is 12.6. The van der Waals surface area contributed by atoms with E-state index in [-0.39, 0.29) is 4.47 Å². The van der Waals surface area contributed by atoms with Crippen LogP contribution in [0.5, 0.6) is 0 Å². The van der Waals surface area contributed by atoms with Crippen molar-refractivity contribution in [3.8, 4) is 0 Å². The molecule has 0 amide bonds. The summed E-state index contributed by atoms with van der Waals surface area (Å²) in [5.41, 5.74) is -0.887. The Labute approximate surface area is 127 Å². The number of hydrogen-bond donors (Lipinski definition) is 0. The zero-order chi connectivity index (χ0) is 15.0. The molecule has 106 valence electrons. The standard InChI is InChI=1S/C13H5Br2F5/c14-5-1-10(19)12(11(20)2-5)13(15)6-3-8(17)9(18)4-7(6)16/h1-4,13H. The van der Waals surface area contributed by atoms with Gasteiger partial charge in [0.15, 0.2) is 11.6 Å². The molecule has 1 unspecified atom stereocenters. The highest BCUT2D eigenvalue weighted by molar-refractivity contribution is 9.10. The predicted molar refractivity (Wildman–Crippen MR) is 71.1 cm³/mol. The Balaban J connectivity index is 2.57. The van der Waals surface area contributed by atoms with E-state index in [0.29, 0.717) is 12.1 Å². The molecule has 2 aromatic rings. The summed E-state index contributed by atoms with van der Waals surface area (Å²) in [5, 5.41) is 0. The van der Waals surface area contributed by atoms with Crippen molar-refractivity contribution < 1.29 is 22.0 Å². The van der Waals surface area contributed by atoms with Gasteiger partial charge in [0.1, 0.15) is 17.5 Å². The minimum absolute atomic E-state index is 0.168. The first-order valence-electron chi connectivity index (χ1n) is 5.24. The van der Waals surface area contributed by atoms with Gasteiger partial charge in [0, 0.05) is 21.7 Å². The van der Waals surface area contributed by atoms with Crippen LogP contribution in [0.1, 0.15) is 16.0 Å². The first-order chi connectivity index (χ1) is 9.31. The van der Waals surface area contributed by atoms with Crippen molar-refractivity contribution in [3.63, 3.8) is 0 Å². The zero-order valence-corrected chi connectivity index (χ0v) is 12.7. The molecule has 0 aliphatic rings. The van der Waals surface area contributed by atoms with E-state index >= 15 is 0 Å². The Bertz CT molecular complexity index is 649. The number of halogens is 7. The van der Waals surface area contributed by atoms with Gasteiger partial charge in [-0.1, -0.05) is 31.9 Å². The fourth-order valence-electron chi connectivity index (χ4n) is 1.68. The number of rotatable bonds is 2. The van der Waals surface area contributed by atoms with Crippen molar-refractivity contribution in [3.05, 3.63) is 69.0 Å². The molecule has 0 saturated heterocycles. The van der Waals surface area contributed by atoms with Gasteiger partial charge in [0.2, 0.25) is 0 Å². The van der Waals surface area contributed by atoms with Gasteiger partial charge in [-0.3, -0.25) is 0 Å². The van der Waals surface area contributed by atoms with Crippen molar-refractivity contribution in [1.29, 1.82) is 0 Å². The van der Waals surface area contributed by atoms with Crippen LogP contribution in [0.15, 0.2) is 28.7 Å². The van der Waals surface area contributed by atoms with Gasteiger partial charge in [0.05, 0.1) is 4.83 Å². The molecule has 7 heteroatoms. The summed E-state index contributed by atoms with van der Waals surface area (Å²) in [6.07, 6.45) is 0. The number of hydrogen-bond acceptors (Lipinski definition) is 0. The van der Waals surface area contributed by atoms with Gasteiger partial charge in [-0.05, 0) is 18.2 Å². The fourth-order valence-corrected chi connectivity index (χ4v) is 2.87. The van der Waals surface area contributed by atoms with Gasteiger partial charge in [-0.15, -0.1) is 0 Å². The molecule has 0 aromatic heterocycles.